The summed E-state index contributed by atoms with van der Waals surface area (Å²) in [6, 6.07) is 6.41. The third-order valence-corrected chi connectivity index (χ3v) is 2.84. The fraction of sp³-hybridized carbons (Fsp3) is 0.417. The van der Waals surface area contributed by atoms with Gasteiger partial charge in [-0.3, -0.25) is 9.80 Å². The molecule has 2 N–H and O–H groups in total. The van der Waals surface area contributed by atoms with E-state index in [1.54, 1.807) is 24.3 Å². The van der Waals surface area contributed by atoms with Crippen LogP contribution in [0.25, 0.3) is 0 Å². The van der Waals surface area contributed by atoms with Crippen molar-refractivity contribution in [3.05, 3.63) is 24.3 Å². The van der Waals surface area contributed by atoms with E-state index in [0.29, 0.717) is 24.5 Å². The van der Waals surface area contributed by atoms with Crippen LogP contribution in [0.2, 0.25) is 0 Å². The molecule has 1 fully saturated rings. The van der Waals surface area contributed by atoms with Crippen LogP contribution in [0, 0.1) is 0 Å². The van der Waals surface area contributed by atoms with Crippen LogP contribution >= 0.6 is 0 Å². The van der Waals surface area contributed by atoms with Crippen molar-refractivity contribution in [3.63, 3.8) is 0 Å². The van der Waals surface area contributed by atoms with Gasteiger partial charge in [-0.2, -0.15) is 13.2 Å². The van der Waals surface area contributed by atoms with E-state index < -0.39 is 18.8 Å². The summed E-state index contributed by atoms with van der Waals surface area (Å²) in [5.41, 5.74) is 6.77. The first-order valence-electron chi connectivity index (χ1n) is 5.94. The molecule has 1 aliphatic rings. The second-order valence-corrected chi connectivity index (χ2v) is 4.35. The molecule has 1 aromatic rings. The van der Waals surface area contributed by atoms with Gasteiger partial charge in [0.15, 0.2) is 0 Å². The van der Waals surface area contributed by atoms with Gasteiger partial charge in [-0.05, 0) is 12.1 Å². The maximum atomic E-state index is 12.0. The van der Waals surface area contributed by atoms with Gasteiger partial charge in [0, 0.05) is 13.1 Å². The number of nitrogens with zero attached hydrogens (tertiary/aromatic N) is 2. The number of nitrogen functional groups attached to an aromatic ring is 1. The summed E-state index contributed by atoms with van der Waals surface area (Å²) in [4.78, 5) is 14.7. The number of para-hydroxylation sites is 2. The van der Waals surface area contributed by atoms with Crippen molar-refractivity contribution in [2.45, 2.75) is 6.18 Å². The number of ether oxygens (including phenoxy) is 1. The van der Waals surface area contributed by atoms with E-state index in [4.69, 9.17) is 5.73 Å². The highest BCUT2D eigenvalue weighted by atomic mass is 19.4. The number of carbonyl (C=O) groups excluding carboxylic acids is 1. The molecule has 5 nitrogen and oxygen atoms in total. The van der Waals surface area contributed by atoms with E-state index >= 15 is 0 Å². The number of halogens is 3. The molecule has 20 heavy (non-hydrogen) atoms. The Morgan fingerprint density at radius 1 is 1.25 bits per heavy atom. The number of hydrogen-bond donors (Lipinski definition) is 1. The Morgan fingerprint density at radius 2 is 1.95 bits per heavy atom. The summed E-state index contributed by atoms with van der Waals surface area (Å²) in [5, 5.41) is 0. The summed E-state index contributed by atoms with van der Waals surface area (Å²) in [6.45, 7) is -1.10. The van der Waals surface area contributed by atoms with Crippen molar-refractivity contribution in [3.8, 4) is 0 Å². The van der Waals surface area contributed by atoms with E-state index in [1.807, 2.05) is 0 Å². The number of anilines is 2. The van der Waals surface area contributed by atoms with Crippen LogP contribution in [0.1, 0.15) is 0 Å². The molecule has 0 radical (unpaired) electrons. The predicted octanol–water partition coefficient (Wildman–Crippen LogP) is 2.05. The van der Waals surface area contributed by atoms with Crippen LogP contribution in [0.5, 0.6) is 0 Å². The van der Waals surface area contributed by atoms with Gasteiger partial charge in [-0.1, -0.05) is 12.1 Å². The molecular formula is C12H14F3N3O2. The van der Waals surface area contributed by atoms with Crippen LogP contribution in [0.15, 0.2) is 24.3 Å². The molecule has 0 bridgehead atoms. The Bertz CT molecular complexity index is 493. The summed E-state index contributed by atoms with van der Waals surface area (Å²) in [5.74, 6) is 0. The van der Waals surface area contributed by atoms with E-state index in [0.717, 1.165) is 0 Å². The number of benzene rings is 1. The van der Waals surface area contributed by atoms with Crippen LogP contribution in [-0.4, -0.2) is 43.5 Å². The summed E-state index contributed by atoms with van der Waals surface area (Å²) in [6.07, 6.45) is -4.40. The van der Waals surface area contributed by atoms with Crippen molar-refractivity contribution in [2.75, 3.05) is 37.1 Å². The Balaban J connectivity index is 1.95. The number of alkyl halides is 3. The zero-order valence-corrected chi connectivity index (χ0v) is 10.6. The molecule has 0 saturated carbocycles. The SMILES string of the molecule is Nc1ccccc1N1CCN(COCC(F)(F)F)C1=O. The molecule has 2 amide bonds. The van der Waals surface area contributed by atoms with Crippen molar-refractivity contribution in [1.82, 2.24) is 4.90 Å². The van der Waals surface area contributed by atoms with Gasteiger partial charge in [0.2, 0.25) is 0 Å². The Hall–Kier alpha value is -1.96. The van der Waals surface area contributed by atoms with Crippen molar-refractivity contribution >= 4 is 17.4 Å². The monoisotopic (exact) mass is 289 g/mol. The molecule has 0 atom stereocenters. The van der Waals surface area contributed by atoms with E-state index in [-0.39, 0.29) is 6.73 Å². The zero-order chi connectivity index (χ0) is 14.8. The molecule has 1 aromatic carbocycles. The van der Waals surface area contributed by atoms with Gasteiger partial charge in [0.25, 0.3) is 0 Å². The van der Waals surface area contributed by atoms with Gasteiger partial charge < -0.3 is 10.5 Å². The molecule has 0 aliphatic carbocycles. The van der Waals surface area contributed by atoms with Crippen molar-refractivity contribution in [2.24, 2.45) is 0 Å². The summed E-state index contributed by atoms with van der Waals surface area (Å²) >= 11 is 0. The largest absolute Gasteiger partial charge is 0.411 e. The van der Waals surface area contributed by atoms with E-state index in [9.17, 15) is 18.0 Å². The Kier molecular flexibility index (Phi) is 4.03. The second-order valence-electron chi connectivity index (χ2n) is 4.35. The van der Waals surface area contributed by atoms with Crippen molar-refractivity contribution in [1.29, 1.82) is 0 Å². The maximum Gasteiger partial charge on any atom is 0.411 e. The molecule has 0 unspecified atom stereocenters. The van der Waals surface area contributed by atoms with E-state index in [1.165, 1.54) is 9.80 Å². The Labute approximate surface area is 113 Å². The molecule has 8 heteroatoms. The van der Waals surface area contributed by atoms with Crippen LogP contribution < -0.4 is 10.6 Å². The molecular weight excluding hydrogens is 275 g/mol. The number of amides is 2. The topological polar surface area (TPSA) is 58.8 Å². The summed E-state index contributed by atoms with van der Waals surface area (Å²) < 4.78 is 40.4. The summed E-state index contributed by atoms with van der Waals surface area (Å²) in [7, 11) is 0. The predicted molar refractivity (Wildman–Crippen MR) is 67.2 cm³/mol. The molecule has 1 saturated heterocycles. The minimum Gasteiger partial charge on any atom is -0.397 e. The number of rotatable bonds is 4. The first kappa shape index (κ1) is 14.4. The van der Waals surface area contributed by atoms with Gasteiger partial charge in [-0.15, -0.1) is 0 Å². The number of nitrogens with two attached hydrogens (primary N) is 1. The number of carbonyl (C=O) groups is 1. The minimum absolute atomic E-state index is 0.297. The lowest BCUT2D eigenvalue weighted by Crippen LogP contribution is -2.34. The third kappa shape index (κ3) is 3.32. The normalized spacial score (nSPS) is 16.1. The van der Waals surface area contributed by atoms with Gasteiger partial charge in [0.1, 0.15) is 13.3 Å². The highest BCUT2D eigenvalue weighted by Crippen LogP contribution is 2.26. The number of hydrogen-bond acceptors (Lipinski definition) is 3. The third-order valence-electron chi connectivity index (χ3n) is 2.84. The average Bonchev–Trinajstić information content (AvgIpc) is 2.70. The quantitative estimate of drug-likeness (QED) is 0.863. The smallest absolute Gasteiger partial charge is 0.397 e. The zero-order valence-electron chi connectivity index (χ0n) is 10.6. The highest BCUT2D eigenvalue weighted by Gasteiger charge is 2.32. The minimum atomic E-state index is -4.40. The lowest BCUT2D eigenvalue weighted by atomic mass is 10.2. The molecule has 0 spiro atoms. The van der Waals surface area contributed by atoms with Crippen LogP contribution in [0.4, 0.5) is 29.3 Å². The van der Waals surface area contributed by atoms with Gasteiger partial charge in [-0.25, -0.2) is 4.79 Å². The first-order valence-corrected chi connectivity index (χ1v) is 5.94. The maximum absolute atomic E-state index is 12.0. The number of urea groups is 1. The molecule has 1 aliphatic heterocycles. The van der Waals surface area contributed by atoms with Gasteiger partial charge >= 0.3 is 12.2 Å². The molecule has 0 aromatic heterocycles. The fourth-order valence-corrected chi connectivity index (χ4v) is 1.93. The van der Waals surface area contributed by atoms with Crippen molar-refractivity contribution < 1.29 is 22.7 Å². The van der Waals surface area contributed by atoms with Crippen LogP contribution in [-0.2, 0) is 4.74 Å². The lowest BCUT2D eigenvalue weighted by Gasteiger charge is -2.20. The van der Waals surface area contributed by atoms with Gasteiger partial charge in [0.05, 0.1) is 11.4 Å². The molecule has 2 rings (SSSR count). The van der Waals surface area contributed by atoms with Crippen LogP contribution in [0.3, 0.4) is 0 Å². The standard InChI is InChI=1S/C12H14F3N3O2/c13-12(14,15)7-20-8-17-5-6-18(11(17)19)10-4-2-1-3-9(10)16/h1-4H,5-8,16H2. The Morgan fingerprint density at radius 3 is 2.60 bits per heavy atom. The first-order chi connectivity index (χ1) is 9.38. The lowest BCUT2D eigenvalue weighted by molar-refractivity contribution is -0.180. The second kappa shape index (κ2) is 5.58. The average molecular weight is 289 g/mol. The van der Waals surface area contributed by atoms with E-state index in [2.05, 4.69) is 4.74 Å². The highest BCUT2D eigenvalue weighted by molar-refractivity contribution is 5.96. The fourth-order valence-electron chi connectivity index (χ4n) is 1.93. The molecule has 110 valence electrons. The molecule has 1 heterocycles.